The van der Waals surface area contributed by atoms with Crippen LogP contribution in [0.5, 0.6) is 5.75 Å². The SMILES string of the molecule is CCCC1CCC(C2CC=C(OC(=S)c3ccc(OC)c(F)c3F)CC2)CC1. The van der Waals surface area contributed by atoms with Crippen LogP contribution in [0.2, 0.25) is 0 Å². The molecule has 2 aliphatic rings. The van der Waals surface area contributed by atoms with Crippen molar-refractivity contribution in [2.45, 2.75) is 64.7 Å². The van der Waals surface area contributed by atoms with Gasteiger partial charge in [-0.25, -0.2) is 4.39 Å². The highest BCUT2D eigenvalue weighted by molar-refractivity contribution is 7.80. The Kier molecular flexibility index (Phi) is 7.44. The van der Waals surface area contributed by atoms with Gasteiger partial charge in [-0.3, -0.25) is 0 Å². The lowest BCUT2D eigenvalue weighted by molar-refractivity contribution is 0.179. The van der Waals surface area contributed by atoms with Gasteiger partial charge in [-0.15, -0.1) is 0 Å². The quantitative estimate of drug-likeness (QED) is 0.474. The van der Waals surface area contributed by atoms with Gasteiger partial charge in [0.15, 0.2) is 11.6 Å². The third kappa shape index (κ3) is 4.91. The summed E-state index contributed by atoms with van der Waals surface area (Å²) < 4.78 is 38.6. The summed E-state index contributed by atoms with van der Waals surface area (Å²) in [4.78, 5) is 0. The van der Waals surface area contributed by atoms with E-state index in [0.717, 1.165) is 36.9 Å². The lowest BCUT2D eigenvalue weighted by Crippen LogP contribution is -2.23. The maximum absolute atomic E-state index is 14.2. The average molecular weight is 409 g/mol. The van der Waals surface area contributed by atoms with Crippen LogP contribution in [0, 0.1) is 29.4 Å². The van der Waals surface area contributed by atoms with E-state index < -0.39 is 11.6 Å². The second-order valence-corrected chi connectivity index (χ2v) is 8.48. The van der Waals surface area contributed by atoms with Crippen LogP contribution in [0.4, 0.5) is 8.78 Å². The molecular weight excluding hydrogens is 378 g/mol. The monoisotopic (exact) mass is 408 g/mol. The number of hydrogen-bond donors (Lipinski definition) is 0. The van der Waals surface area contributed by atoms with Gasteiger partial charge in [0, 0.05) is 6.42 Å². The predicted molar refractivity (Wildman–Crippen MR) is 111 cm³/mol. The first kappa shape index (κ1) is 21.2. The summed E-state index contributed by atoms with van der Waals surface area (Å²) in [5.41, 5.74) is -0.0365. The molecule has 0 aliphatic heterocycles. The van der Waals surface area contributed by atoms with E-state index in [2.05, 4.69) is 13.0 Å². The van der Waals surface area contributed by atoms with Crippen LogP contribution in [0.1, 0.15) is 70.3 Å². The van der Waals surface area contributed by atoms with Crippen molar-refractivity contribution < 1.29 is 18.3 Å². The fourth-order valence-corrected chi connectivity index (χ4v) is 4.99. The summed E-state index contributed by atoms with van der Waals surface area (Å²) in [6.45, 7) is 2.27. The minimum atomic E-state index is -1.04. The van der Waals surface area contributed by atoms with E-state index >= 15 is 0 Å². The molecule has 5 heteroatoms. The van der Waals surface area contributed by atoms with Crippen LogP contribution in [0.25, 0.3) is 0 Å². The van der Waals surface area contributed by atoms with Crippen molar-refractivity contribution in [3.05, 3.63) is 41.2 Å². The summed E-state index contributed by atoms with van der Waals surface area (Å²) in [5, 5.41) is -0.0242. The Hall–Kier alpha value is -1.49. The molecule has 0 aromatic heterocycles. The Bertz CT molecular complexity index is 724. The molecule has 1 aromatic rings. The summed E-state index contributed by atoms with van der Waals surface area (Å²) in [6, 6.07) is 2.77. The van der Waals surface area contributed by atoms with Crippen LogP contribution < -0.4 is 4.74 Å². The van der Waals surface area contributed by atoms with E-state index in [9.17, 15) is 8.78 Å². The lowest BCUT2D eigenvalue weighted by Gasteiger charge is -2.35. The standard InChI is InChI=1S/C23H30F2O2S/c1-3-4-15-5-7-16(8-6-15)17-9-11-18(12-10-17)27-23(28)19-13-14-20(26-2)22(25)21(19)24/h11,13-17H,3-10,12H2,1-2H3. The maximum atomic E-state index is 14.2. The van der Waals surface area contributed by atoms with Crippen molar-refractivity contribution in [3.8, 4) is 5.75 Å². The third-order valence-electron chi connectivity index (χ3n) is 6.38. The molecule has 1 unspecified atom stereocenters. The van der Waals surface area contributed by atoms with Crippen molar-refractivity contribution >= 4 is 17.3 Å². The Morgan fingerprint density at radius 3 is 2.43 bits per heavy atom. The molecule has 1 saturated carbocycles. The maximum Gasteiger partial charge on any atom is 0.201 e. The molecule has 154 valence electrons. The fourth-order valence-electron chi connectivity index (χ4n) is 4.73. The minimum absolute atomic E-state index is 0.0242. The first-order chi connectivity index (χ1) is 13.5. The number of hydrogen-bond acceptors (Lipinski definition) is 3. The topological polar surface area (TPSA) is 18.5 Å². The summed E-state index contributed by atoms with van der Waals surface area (Å²) in [7, 11) is 1.30. The van der Waals surface area contributed by atoms with Crippen molar-refractivity contribution in [3.63, 3.8) is 0 Å². The van der Waals surface area contributed by atoms with Crippen LogP contribution in [0.3, 0.4) is 0 Å². The smallest absolute Gasteiger partial charge is 0.201 e. The molecule has 0 heterocycles. The highest BCUT2D eigenvalue weighted by Crippen LogP contribution is 2.40. The zero-order valence-electron chi connectivity index (χ0n) is 16.8. The fraction of sp³-hybridized carbons (Fsp3) is 0.609. The normalized spacial score (nSPS) is 25.1. The molecule has 0 bridgehead atoms. The molecule has 1 atom stereocenters. The van der Waals surface area contributed by atoms with Crippen molar-refractivity contribution in [2.24, 2.45) is 17.8 Å². The minimum Gasteiger partial charge on any atom is -0.494 e. The van der Waals surface area contributed by atoms with Crippen molar-refractivity contribution in [1.29, 1.82) is 0 Å². The van der Waals surface area contributed by atoms with Gasteiger partial charge < -0.3 is 9.47 Å². The molecule has 0 saturated heterocycles. The molecule has 3 rings (SSSR count). The van der Waals surface area contributed by atoms with Crippen molar-refractivity contribution in [2.75, 3.05) is 7.11 Å². The number of benzene rings is 1. The molecule has 1 aromatic carbocycles. The summed E-state index contributed by atoms with van der Waals surface area (Å²) in [5.74, 6) is 1.01. The second kappa shape index (κ2) is 9.82. The molecule has 28 heavy (non-hydrogen) atoms. The lowest BCUT2D eigenvalue weighted by atomic mass is 9.71. The molecular formula is C23H30F2O2S. The number of methoxy groups -OCH3 is 1. The number of ether oxygens (including phenoxy) is 2. The highest BCUT2D eigenvalue weighted by Gasteiger charge is 2.29. The van der Waals surface area contributed by atoms with Gasteiger partial charge in [-0.2, -0.15) is 4.39 Å². The number of rotatable bonds is 6. The Morgan fingerprint density at radius 1 is 1.07 bits per heavy atom. The van der Waals surface area contributed by atoms with Crippen LogP contribution in [-0.2, 0) is 4.74 Å². The number of thiocarbonyl (C=S) groups is 1. The van der Waals surface area contributed by atoms with Crippen LogP contribution in [0.15, 0.2) is 24.0 Å². The average Bonchev–Trinajstić information content (AvgIpc) is 2.71. The van der Waals surface area contributed by atoms with E-state index in [1.165, 1.54) is 57.8 Å². The molecule has 1 fully saturated rings. The Balaban J connectivity index is 1.54. The third-order valence-corrected chi connectivity index (χ3v) is 6.68. The van der Waals surface area contributed by atoms with E-state index in [0.29, 0.717) is 5.92 Å². The predicted octanol–water partition coefficient (Wildman–Crippen LogP) is 6.96. The Labute approximate surface area is 172 Å². The molecule has 0 amide bonds. The number of allylic oxidation sites excluding steroid dienone is 2. The first-order valence-electron chi connectivity index (χ1n) is 10.5. The van der Waals surface area contributed by atoms with Gasteiger partial charge in [0.2, 0.25) is 10.9 Å². The van der Waals surface area contributed by atoms with Gasteiger partial charge >= 0.3 is 0 Å². The zero-order valence-corrected chi connectivity index (χ0v) is 17.6. The second-order valence-electron chi connectivity index (χ2n) is 8.11. The molecule has 0 radical (unpaired) electrons. The van der Waals surface area contributed by atoms with Gasteiger partial charge in [0.05, 0.1) is 12.7 Å². The molecule has 0 spiro atoms. The van der Waals surface area contributed by atoms with Crippen LogP contribution in [-0.4, -0.2) is 12.2 Å². The Morgan fingerprint density at radius 2 is 1.82 bits per heavy atom. The van der Waals surface area contributed by atoms with Gasteiger partial charge in [-0.05, 0) is 73.9 Å². The van der Waals surface area contributed by atoms with E-state index in [-0.39, 0.29) is 16.4 Å². The van der Waals surface area contributed by atoms with Crippen LogP contribution >= 0.6 is 12.2 Å². The largest absolute Gasteiger partial charge is 0.494 e. The van der Waals surface area contributed by atoms with Gasteiger partial charge in [0.25, 0.3) is 0 Å². The molecule has 2 nitrogen and oxygen atoms in total. The highest BCUT2D eigenvalue weighted by atomic mass is 32.1. The molecule has 2 aliphatic carbocycles. The number of halogens is 2. The van der Waals surface area contributed by atoms with Gasteiger partial charge in [-0.1, -0.05) is 32.6 Å². The van der Waals surface area contributed by atoms with E-state index in [1.807, 2.05) is 0 Å². The van der Waals surface area contributed by atoms with Crippen molar-refractivity contribution in [1.82, 2.24) is 0 Å². The first-order valence-corrected chi connectivity index (χ1v) is 10.9. The summed E-state index contributed by atoms with van der Waals surface area (Å²) >= 11 is 5.21. The van der Waals surface area contributed by atoms with E-state index in [1.54, 1.807) is 0 Å². The summed E-state index contributed by atoms with van der Waals surface area (Å²) in [6.07, 6.45) is 13.1. The van der Waals surface area contributed by atoms with E-state index in [4.69, 9.17) is 21.7 Å². The van der Waals surface area contributed by atoms with Gasteiger partial charge in [0.1, 0.15) is 5.76 Å². The zero-order chi connectivity index (χ0) is 20.1. The molecule has 0 N–H and O–H groups in total.